The van der Waals surface area contributed by atoms with E-state index in [0.29, 0.717) is 12.8 Å². The lowest BCUT2D eigenvalue weighted by molar-refractivity contribution is -0.142. The summed E-state index contributed by atoms with van der Waals surface area (Å²) in [6.45, 7) is 1.83. The Labute approximate surface area is 152 Å². The minimum absolute atomic E-state index is 0.0507. The first-order valence-corrected chi connectivity index (χ1v) is 8.63. The Morgan fingerprint density at radius 1 is 1.19 bits per heavy atom. The van der Waals surface area contributed by atoms with E-state index in [0.717, 1.165) is 6.07 Å². The molecule has 2 saturated carbocycles. The third-order valence-electron chi connectivity index (χ3n) is 5.60. The summed E-state index contributed by atoms with van der Waals surface area (Å²) >= 11 is 0. The van der Waals surface area contributed by atoms with Crippen molar-refractivity contribution in [2.45, 2.75) is 25.9 Å². The largest absolute Gasteiger partial charge is 0.434 e. The van der Waals surface area contributed by atoms with Gasteiger partial charge in [-0.15, -0.1) is 0 Å². The minimum Gasteiger partial charge on any atom is -0.298 e. The molecule has 0 N–H and O–H groups in total. The van der Waals surface area contributed by atoms with Crippen molar-refractivity contribution in [1.82, 2.24) is 9.97 Å². The highest BCUT2D eigenvalue weighted by molar-refractivity contribution is 6.27. The molecular weight excluding hydrogens is 361 g/mol. The first-order chi connectivity index (χ1) is 12.7. The van der Waals surface area contributed by atoms with Gasteiger partial charge in [-0.25, -0.2) is 9.97 Å². The van der Waals surface area contributed by atoms with Crippen LogP contribution in [0.3, 0.4) is 0 Å². The summed E-state index contributed by atoms with van der Waals surface area (Å²) in [6, 6.07) is 4.01. The van der Waals surface area contributed by atoms with Crippen molar-refractivity contribution in [3.05, 3.63) is 35.7 Å². The normalized spacial score (nSPS) is 28.0. The number of carbonyl (C=O) groups excluding carboxylic acids is 3. The second-order valence-electron chi connectivity index (χ2n) is 7.29. The van der Waals surface area contributed by atoms with Gasteiger partial charge in [0.25, 0.3) is 0 Å². The summed E-state index contributed by atoms with van der Waals surface area (Å²) in [5.74, 6) is -4.86. The van der Waals surface area contributed by atoms with Gasteiger partial charge in [-0.3, -0.25) is 14.4 Å². The SMILES string of the molecule is CC1CC2CC1C(=O)C(C(=O)c1cc3cccnc3nc1C(F)(F)F)C2=O. The molecule has 2 aliphatic carbocycles. The van der Waals surface area contributed by atoms with Crippen molar-refractivity contribution < 1.29 is 27.6 Å². The molecule has 0 aromatic carbocycles. The molecule has 4 atom stereocenters. The molecule has 27 heavy (non-hydrogen) atoms. The van der Waals surface area contributed by atoms with Crippen LogP contribution < -0.4 is 0 Å². The molecule has 2 aromatic rings. The number of carbonyl (C=O) groups is 3. The number of ketones is 3. The highest BCUT2D eigenvalue weighted by atomic mass is 19.4. The number of hydrogen-bond donors (Lipinski definition) is 0. The van der Waals surface area contributed by atoms with Gasteiger partial charge in [-0.05, 0) is 37.0 Å². The Bertz CT molecular complexity index is 986. The quantitative estimate of drug-likeness (QED) is 0.594. The molecule has 2 aromatic heterocycles. The van der Waals surface area contributed by atoms with Gasteiger partial charge >= 0.3 is 6.18 Å². The van der Waals surface area contributed by atoms with Crippen LogP contribution in [0.1, 0.15) is 35.8 Å². The van der Waals surface area contributed by atoms with Crippen molar-refractivity contribution in [1.29, 1.82) is 0 Å². The number of nitrogens with zero attached hydrogens (tertiary/aromatic N) is 2. The van der Waals surface area contributed by atoms with Gasteiger partial charge in [0.15, 0.2) is 28.7 Å². The number of fused-ring (bicyclic) bond motifs is 3. The standard InChI is InChI=1S/C19H15F3N2O3/c1-8-5-10-7-11(8)15(26)13(14(10)25)16(27)12-6-9-3-2-4-23-18(9)24-17(12)19(20,21)22/h2-4,6,8,10-11,13H,5,7H2,1H3. The Morgan fingerprint density at radius 3 is 2.63 bits per heavy atom. The molecule has 2 aliphatic rings. The fourth-order valence-electron chi connectivity index (χ4n) is 4.29. The topological polar surface area (TPSA) is 77.0 Å². The maximum atomic E-state index is 13.5. The van der Waals surface area contributed by atoms with Crippen LogP contribution in [0.2, 0.25) is 0 Å². The lowest BCUT2D eigenvalue weighted by Gasteiger charge is -2.25. The van der Waals surface area contributed by atoms with Gasteiger partial charge in [0, 0.05) is 23.4 Å². The number of aromatic nitrogens is 2. The molecule has 5 nitrogen and oxygen atoms in total. The zero-order valence-electron chi connectivity index (χ0n) is 14.3. The van der Waals surface area contributed by atoms with Gasteiger partial charge in [0.05, 0.1) is 5.56 Å². The van der Waals surface area contributed by atoms with E-state index in [1.54, 1.807) is 0 Å². The first kappa shape index (κ1) is 17.8. The number of alkyl halides is 3. The molecule has 0 aliphatic heterocycles. The van der Waals surface area contributed by atoms with Crippen LogP contribution in [-0.4, -0.2) is 27.3 Å². The molecule has 0 spiro atoms. The van der Waals surface area contributed by atoms with Crippen LogP contribution in [-0.2, 0) is 15.8 Å². The Hall–Kier alpha value is -2.64. The Morgan fingerprint density at radius 2 is 1.93 bits per heavy atom. The summed E-state index contributed by atoms with van der Waals surface area (Å²) in [5.41, 5.74) is -2.31. The average molecular weight is 376 g/mol. The molecule has 0 radical (unpaired) electrons. The van der Waals surface area contributed by atoms with E-state index >= 15 is 0 Å². The van der Waals surface area contributed by atoms with Crippen LogP contribution in [0.25, 0.3) is 11.0 Å². The first-order valence-electron chi connectivity index (χ1n) is 8.63. The molecule has 140 valence electrons. The molecule has 2 bridgehead atoms. The van der Waals surface area contributed by atoms with Crippen LogP contribution in [0, 0.1) is 23.7 Å². The summed E-state index contributed by atoms with van der Waals surface area (Å²) in [7, 11) is 0. The van der Waals surface area contributed by atoms with Crippen molar-refractivity contribution in [3.8, 4) is 0 Å². The maximum absolute atomic E-state index is 13.5. The summed E-state index contributed by atoms with van der Waals surface area (Å²) in [5, 5.41) is 0.237. The van der Waals surface area contributed by atoms with Crippen molar-refractivity contribution in [2.75, 3.05) is 0 Å². The zero-order chi connectivity index (χ0) is 19.5. The number of Topliss-reactive ketones (excluding diaryl/α,β-unsaturated/α-hetero) is 3. The smallest absolute Gasteiger partial charge is 0.298 e. The molecular formula is C19H15F3N2O3. The number of halogens is 3. The highest BCUT2D eigenvalue weighted by Crippen LogP contribution is 2.45. The van der Waals surface area contributed by atoms with Crippen molar-refractivity contribution in [3.63, 3.8) is 0 Å². The molecule has 4 unspecified atom stereocenters. The highest BCUT2D eigenvalue weighted by Gasteiger charge is 2.53. The van der Waals surface area contributed by atoms with E-state index in [4.69, 9.17) is 0 Å². The van der Waals surface area contributed by atoms with Gasteiger partial charge in [-0.1, -0.05) is 6.92 Å². The van der Waals surface area contributed by atoms with Crippen LogP contribution in [0.15, 0.2) is 24.4 Å². The van der Waals surface area contributed by atoms with E-state index in [1.807, 2.05) is 6.92 Å². The van der Waals surface area contributed by atoms with E-state index in [2.05, 4.69) is 9.97 Å². The van der Waals surface area contributed by atoms with E-state index in [9.17, 15) is 27.6 Å². The molecule has 2 heterocycles. The third kappa shape index (κ3) is 2.74. The minimum atomic E-state index is -4.91. The molecule has 2 fully saturated rings. The maximum Gasteiger partial charge on any atom is 0.434 e. The van der Waals surface area contributed by atoms with Gasteiger partial charge in [0.1, 0.15) is 5.92 Å². The zero-order valence-corrected chi connectivity index (χ0v) is 14.3. The van der Waals surface area contributed by atoms with E-state index < -0.39 is 52.5 Å². The summed E-state index contributed by atoms with van der Waals surface area (Å²) < 4.78 is 40.5. The predicted octanol–water partition coefficient (Wildman–Crippen LogP) is 3.26. The molecule has 0 saturated heterocycles. The van der Waals surface area contributed by atoms with E-state index in [-0.39, 0.29) is 17.0 Å². The van der Waals surface area contributed by atoms with Gasteiger partial charge in [-0.2, -0.15) is 13.2 Å². The average Bonchev–Trinajstić information content (AvgIpc) is 2.97. The van der Waals surface area contributed by atoms with Crippen LogP contribution in [0.5, 0.6) is 0 Å². The van der Waals surface area contributed by atoms with Crippen molar-refractivity contribution in [2.24, 2.45) is 23.7 Å². The summed E-state index contributed by atoms with van der Waals surface area (Å²) in [6.07, 6.45) is -2.74. The van der Waals surface area contributed by atoms with Gasteiger partial charge < -0.3 is 0 Å². The van der Waals surface area contributed by atoms with Gasteiger partial charge in [0.2, 0.25) is 0 Å². The van der Waals surface area contributed by atoms with Crippen molar-refractivity contribution >= 4 is 28.4 Å². The van der Waals surface area contributed by atoms with E-state index in [1.165, 1.54) is 18.3 Å². The Kier molecular flexibility index (Phi) is 3.90. The predicted molar refractivity (Wildman–Crippen MR) is 87.8 cm³/mol. The molecule has 4 rings (SSSR count). The van der Waals surface area contributed by atoms with Crippen LogP contribution in [0.4, 0.5) is 13.2 Å². The monoisotopic (exact) mass is 376 g/mol. The third-order valence-corrected chi connectivity index (χ3v) is 5.60. The Balaban J connectivity index is 1.85. The fraction of sp³-hybridized carbons (Fsp3) is 0.421. The van der Waals surface area contributed by atoms with Crippen LogP contribution >= 0.6 is 0 Å². The molecule has 0 amide bonds. The second-order valence-corrected chi connectivity index (χ2v) is 7.29. The molecule has 8 heteroatoms. The number of rotatable bonds is 2. The lowest BCUT2D eigenvalue weighted by atomic mass is 9.74. The second kappa shape index (κ2) is 5.94. The lowest BCUT2D eigenvalue weighted by Crippen LogP contribution is -2.42. The number of hydrogen-bond acceptors (Lipinski definition) is 5. The fourth-order valence-corrected chi connectivity index (χ4v) is 4.29. The summed E-state index contributed by atoms with van der Waals surface area (Å²) in [4.78, 5) is 45.6. The number of pyridine rings is 2.